The Kier molecular flexibility index (Phi) is 3.01. The van der Waals surface area contributed by atoms with Crippen LogP contribution in [0.15, 0.2) is 0 Å². The van der Waals surface area contributed by atoms with Crippen molar-refractivity contribution in [1.82, 2.24) is 9.62 Å². The summed E-state index contributed by atoms with van der Waals surface area (Å²) in [6.07, 6.45) is 0. The van der Waals surface area contributed by atoms with Crippen LogP contribution in [0.1, 0.15) is 13.8 Å². The third kappa shape index (κ3) is 2.04. The molecule has 8 nitrogen and oxygen atoms in total. The molecule has 16 heavy (non-hydrogen) atoms. The van der Waals surface area contributed by atoms with Crippen molar-refractivity contribution in [2.24, 2.45) is 0 Å². The largest absolute Gasteiger partial charge is 0.362 e. The summed E-state index contributed by atoms with van der Waals surface area (Å²) in [5, 5.41) is 2.06. The number of amides is 2. The summed E-state index contributed by atoms with van der Waals surface area (Å²) in [5.41, 5.74) is 0. The molecule has 0 spiro atoms. The highest BCUT2D eigenvalue weighted by Crippen LogP contribution is 2.22. The second-order valence-corrected chi connectivity index (χ2v) is 4.65. The molecule has 0 unspecified atom stereocenters. The van der Waals surface area contributed by atoms with Crippen molar-refractivity contribution in [3.05, 3.63) is 0 Å². The number of β-lactam (4-membered cyclic amide) rings is 1. The highest BCUT2D eigenvalue weighted by atomic mass is 32.2. The molecule has 2 N–H and O–H groups in total. The summed E-state index contributed by atoms with van der Waals surface area (Å²) in [6, 6.07) is -2.01. The molecule has 1 aliphatic rings. The lowest BCUT2D eigenvalue weighted by molar-refractivity contribution is -0.146. The van der Waals surface area contributed by atoms with Gasteiger partial charge in [0, 0.05) is 6.92 Å². The maximum atomic E-state index is 11.2. The van der Waals surface area contributed by atoms with Gasteiger partial charge in [-0.15, -0.1) is 0 Å². The molecule has 0 aromatic carbocycles. The van der Waals surface area contributed by atoms with E-state index in [1.54, 1.807) is 0 Å². The van der Waals surface area contributed by atoms with Crippen molar-refractivity contribution in [1.29, 1.82) is 0 Å². The second-order valence-electron chi connectivity index (χ2n) is 3.36. The smallest absolute Gasteiger partial charge is 0.336 e. The van der Waals surface area contributed by atoms with E-state index in [4.69, 9.17) is 4.55 Å². The third-order valence-electron chi connectivity index (χ3n) is 2.19. The van der Waals surface area contributed by atoms with Crippen molar-refractivity contribution in [3.63, 3.8) is 0 Å². The predicted molar refractivity (Wildman–Crippen MR) is 50.5 cm³/mol. The molecule has 0 aromatic heterocycles. The van der Waals surface area contributed by atoms with E-state index in [9.17, 15) is 22.8 Å². The lowest BCUT2D eigenvalue weighted by Gasteiger charge is -2.41. The topological polar surface area (TPSA) is 121 Å². The van der Waals surface area contributed by atoms with Crippen molar-refractivity contribution >= 4 is 27.9 Å². The molecule has 1 aliphatic heterocycles. The summed E-state index contributed by atoms with van der Waals surface area (Å²) < 4.78 is 30.2. The van der Waals surface area contributed by atoms with Gasteiger partial charge in [-0.05, 0) is 6.92 Å². The van der Waals surface area contributed by atoms with Crippen molar-refractivity contribution in [3.8, 4) is 0 Å². The average Bonchev–Trinajstić information content (AvgIpc) is 2.11. The second kappa shape index (κ2) is 3.83. The Morgan fingerprint density at radius 3 is 2.25 bits per heavy atom. The SMILES string of the molecule is CC(=O)C(=O)N[C@@H]1C(=O)N(S(=O)(=O)O)[C@H]1C. The van der Waals surface area contributed by atoms with Crippen LogP contribution in [0.25, 0.3) is 0 Å². The van der Waals surface area contributed by atoms with Gasteiger partial charge in [0.05, 0.1) is 6.04 Å². The zero-order valence-electron chi connectivity index (χ0n) is 8.50. The first-order valence-corrected chi connectivity index (χ1v) is 5.68. The molecule has 0 bridgehead atoms. The molecule has 90 valence electrons. The van der Waals surface area contributed by atoms with Gasteiger partial charge in [0.2, 0.25) is 5.78 Å². The predicted octanol–water partition coefficient (Wildman–Crippen LogP) is -1.91. The Bertz CT molecular complexity index is 455. The summed E-state index contributed by atoms with van der Waals surface area (Å²) in [5.74, 6) is -2.73. The standard InChI is InChI=1S/C7H10N2O6S/c1-3-5(8-6(11)4(2)10)7(12)9(3)16(13,14)15/h3,5H,1-2H3,(H,8,11)(H,13,14,15)/t3-,5-/m0/s1. The number of rotatable bonds is 3. The fraction of sp³-hybridized carbons (Fsp3) is 0.571. The van der Waals surface area contributed by atoms with Crippen molar-refractivity contribution in [2.75, 3.05) is 0 Å². The Labute approximate surface area is 91.5 Å². The first-order chi connectivity index (χ1) is 7.16. The lowest BCUT2D eigenvalue weighted by Crippen LogP contribution is -2.71. The molecule has 1 heterocycles. The molecular weight excluding hydrogens is 240 g/mol. The summed E-state index contributed by atoms with van der Waals surface area (Å²) in [6.45, 7) is 2.34. The van der Waals surface area contributed by atoms with E-state index in [0.717, 1.165) is 6.92 Å². The molecule has 1 saturated heterocycles. The Hall–Kier alpha value is -1.48. The number of Topliss-reactive ketones (excluding diaryl/α,β-unsaturated/α-hetero) is 1. The Morgan fingerprint density at radius 1 is 1.44 bits per heavy atom. The van der Waals surface area contributed by atoms with E-state index in [1.807, 2.05) is 0 Å². The van der Waals surface area contributed by atoms with Crippen LogP contribution in [-0.2, 0) is 24.7 Å². The van der Waals surface area contributed by atoms with Crippen LogP contribution in [0, 0.1) is 0 Å². The summed E-state index contributed by atoms with van der Waals surface area (Å²) in [4.78, 5) is 32.8. The molecule has 0 aromatic rings. The number of nitrogens with one attached hydrogen (secondary N) is 1. The minimum absolute atomic E-state index is 0.234. The first-order valence-electron chi connectivity index (χ1n) is 4.28. The van der Waals surface area contributed by atoms with E-state index in [1.165, 1.54) is 6.92 Å². The summed E-state index contributed by atoms with van der Waals surface area (Å²) >= 11 is 0. The van der Waals surface area contributed by atoms with Gasteiger partial charge < -0.3 is 5.32 Å². The van der Waals surface area contributed by atoms with Crippen LogP contribution >= 0.6 is 0 Å². The van der Waals surface area contributed by atoms with E-state index in [0.29, 0.717) is 0 Å². The van der Waals surface area contributed by atoms with Gasteiger partial charge in [0.15, 0.2) is 0 Å². The number of hydrogen-bond acceptors (Lipinski definition) is 5. The van der Waals surface area contributed by atoms with Gasteiger partial charge in [-0.25, -0.2) is 4.31 Å². The van der Waals surface area contributed by atoms with Crippen molar-refractivity contribution < 1.29 is 27.4 Å². The minimum Gasteiger partial charge on any atom is -0.336 e. The molecule has 0 radical (unpaired) electrons. The number of nitrogens with zero attached hydrogens (tertiary/aromatic N) is 1. The molecule has 1 rings (SSSR count). The number of hydrogen-bond donors (Lipinski definition) is 2. The molecule has 9 heteroatoms. The minimum atomic E-state index is -4.61. The normalized spacial score (nSPS) is 24.9. The van der Waals surface area contributed by atoms with Crippen LogP contribution in [0.4, 0.5) is 0 Å². The van der Waals surface area contributed by atoms with Crippen LogP contribution in [0.3, 0.4) is 0 Å². The molecule has 2 atom stereocenters. The van der Waals surface area contributed by atoms with E-state index in [-0.39, 0.29) is 4.31 Å². The Morgan fingerprint density at radius 2 is 1.94 bits per heavy atom. The van der Waals surface area contributed by atoms with Crippen molar-refractivity contribution in [2.45, 2.75) is 25.9 Å². The maximum absolute atomic E-state index is 11.2. The highest BCUT2D eigenvalue weighted by Gasteiger charge is 2.51. The monoisotopic (exact) mass is 250 g/mol. The van der Waals surface area contributed by atoms with E-state index in [2.05, 4.69) is 5.32 Å². The van der Waals surface area contributed by atoms with E-state index >= 15 is 0 Å². The zero-order valence-corrected chi connectivity index (χ0v) is 9.32. The average molecular weight is 250 g/mol. The molecule has 0 aliphatic carbocycles. The number of carbonyl (C=O) groups excluding carboxylic acids is 3. The van der Waals surface area contributed by atoms with Gasteiger partial charge in [-0.1, -0.05) is 0 Å². The molecule has 2 amide bonds. The maximum Gasteiger partial charge on any atom is 0.362 e. The number of carbonyl (C=O) groups is 3. The van der Waals surface area contributed by atoms with Crippen LogP contribution < -0.4 is 5.32 Å². The van der Waals surface area contributed by atoms with Crippen LogP contribution in [0.5, 0.6) is 0 Å². The van der Waals surface area contributed by atoms with Gasteiger partial charge >= 0.3 is 10.3 Å². The van der Waals surface area contributed by atoms with Gasteiger partial charge in [-0.2, -0.15) is 8.42 Å². The Balaban J connectivity index is 2.74. The van der Waals surface area contributed by atoms with Gasteiger partial charge in [0.25, 0.3) is 11.8 Å². The quantitative estimate of drug-likeness (QED) is 0.342. The zero-order chi connectivity index (χ0) is 12.7. The van der Waals surface area contributed by atoms with Gasteiger partial charge in [0.1, 0.15) is 6.04 Å². The molecular formula is C7H10N2O6S. The molecule has 0 saturated carbocycles. The molecule has 1 fully saturated rings. The fourth-order valence-corrected chi connectivity index (χ4v) is 2.23. The highest BCUT2D eigenvalue weighted by molar-refractivity contribution is 7.84. The first kappa shape index (κ1) is 12.6. The van der Waals surface area contributed by atoms with E-state index < -0.39 is 40.0 Å². The van der Waals surface area contributed by atoms with Crippen LogP contribution in [0.2, 0.25) is 0 Å². The van der Waals surface area contributed by atoms with Gasteiger partial charge in [-0.3, -0.25) is 18.9 Å². The number of ketones is 1. The third-order valence-corrected chi connectivity index (χ3v) is 3.20. The lowest BCUT2D eigenvalue weighted by atomic mass is 10.0. The summed E-state index contributed by atoms with van der Waals surface area (Å²) in [7, 11) is -4.61. The van der Waals surface area contributed by atoms with Crippen LogP contribution in [-0.4, -0.2) is 47.0 Å². The fourth-order valence-electron chi connectivity index (χ4n) is 1.35.